The minimum absolute atomic E-state index is 0.188. The van der Waals surface area contributed by atoms with Gasteiger partial charge in [-0.25, -0.2) is 0 Å². The third-order valence-electron chi connectivity index (χ3n) is 6.96. The molecule has 1 amide bonds. The number of aromatic nitrogens is 3. The van der Waals surface area contributed by atoms with Crippen molar-refractivity contribution < 1.29 is 4.79 Å². The molecule has 2 heterocycles. The normalized spacial score (nSPS) is 36.1. The largest absolute Gasteiger partial charge is 0.352 e. The number of amides is 1. The molecule has 4 aliphatic carbocycles. The van der Waals surface area contributed by atoms with E-state index in [1.807, 2.05) is 0 Å². The number of hydrogen-bond donors (Lipinski definition) is 1. The van der Waals surface area contributed by atoms with Crippen LogP contribution in [0.25, 0.3) is 0 Å². The van der Waals surface area contributed by atoms with Crippen molar-refractivity contribution in [1.82, 2.24) is 20.1 Å². The van der Waals surface area contributed by atoms with Crippen LogP contribution in [0.3, 0.4) is 0 Å². The first-order valence-corrected chi connectivity index (χ1v) is 11.1. The third kappa shape index (κ3) is 3.11. The number of hydrogen-bond acceptors (Lipinski definition) is 4. The van der Waals surface area contributed by atoms with Gasteiger partial charge in [-0.2, -0.15) is 0 Å². The highest BCUT2D eigenvalue weighted by Gasteiger charge is 2.48. The zero-order chi connectivity index (χ0) is 16.8. The number of thioether (sulfide) groups is 1. The van der Waals surface area contributed by atoms with Crippen LogP contribution in [0.1, 0.15) is 57.2 Å². The van der Waals surface area contributed by atoms with Crippen LogP contribution >= 0.6 is 11.8 Å². The van der Waals surface area contributed by atoms with E-state index in [0.29, 0.717) is 11.8 Å². The van der Waals surface area contributed by atoms with Crippen LogP contribution in [-0.2, 0) is 17.8 Å². The third-order valence-corrected chi connectivity index (χ3v) is 7.93. The van der Waals surface area contributed by atoms with E-state index in [-0.39, 0.29) is 5.91 Å². The van der Waals surface area contributed by atoms with Gasteiger partial charge in [0.05, 0.1) is 5.75 Å². The Morgan fingerprint density at radius 1 is 1.04 bits per heavy atom. The minimum atomic E-state index is 0.188. The van der Waals surface area contributed by atoms with Crippen molar-refractivity contribution in [3.8, 4) is 0 Å². The lowest BCUT2D eigenvalue weighted by atomic mass is 9.54. The molecule has 25 heavy (non-hydrogen) atoms. The lowest BCUT2D eigenvalue weighted by Crippen LogP contribution is -2.56. The lowest BCUT2D eigenvalue weighted by molar-refractivity contribution is -0.122. The standard InChI is InChI=1S/C19H28N4OS/c24-17(11-25-19-22-21-16-4-2-1-3-5-23(16)19)20-18-14-7-12-6-13(9-14)10-15(18)8-12/h12-15,18H,1-11H2,(H,20,24). The number of aryl methyl sites for hydroxylation is 1. The monoisotopic (exact) mass is 360 g/mol. The summed E-state index contributed by atoms with van der Waals surface area (Å²) in [4.78, 5) is 12.6. The highest BCUT2D eigenvalue weighted by Crippen LogP contribution is 2.53. The molecular weight excluding hydrogens is 332 g/mol. The molecule has 4 saturated carbocycles. The maximum Gasteiger partial charge on any atom is 0.230 e. The Hall–Kier alpha value is -1.04. The minimum Gasteiger partial charge on any atom is -0.352 e. The Morgan fingerprint density at radius 2 is 1.80 bits per heavy atom. The van der Waals surface area contributed by atoms with Crippen LogP contribution < -0.4 is 5.32 Å². The Kier molecular flexibility index (Phi) is 4.27. The van der Waals surface area contributed by atoms with Crippen LogP contribution in [0.5, 0.6) is 0 Å². The Morgan fingerprint density at radius 3 is 2.56 bits per heavy atom. The molecule has 0 radical (unpaired) electrons. The SMILES string of the molecule is O=C(CSc1nnc2n1CCCCC2)NC1C2CC3CC(C2)CC1C3. The van der Waals surface area contributed by atoms with Gasteiger partial charge >= 0.3 is 0 Å². The maximum atomic E-state index is 12.6. The molecule has 1 aromatic heterocycles. The second-order valence-corrected chi connectivity index (χ2v) is 9.62. The van der Waals surface area contributed by atoms with Gasteiger partial charge < -0.3 is 9.88 Å². The van der Waals surface area contributed by atoms with Crippen molar-refractivity contribution >= 4 is 17.7 Å². The fourth-order valence-electron chi connectivity index (χ4n) is 6.08. The highest BCUT2D eigenvalue weighted by molar-refractivity contribution is 7.99. The molecule has 0 spiro atoms. The quantitative estimate of drug-likeness (QED) is 0.839. The van der Waals surface area contributed by atoms with E-state index < -0.39 is 0 Å². The number of carbonyl (C=O) groups excluding carboxylic acids is 1. The van der Waals surface area contributed by atoms with Crippen LogP contribution in [-0.4, -0.2) is 32.5 Å². The van der Waals surface area contributed by atoms with Crippen molar-refractivity contribution in [2.45, 2.75) is 75.5 Å². The van der Waals surface area contributed by atoms with E-state index in [0.717, 1.165) is 47.6 Å². The molecule has 0 saturated heterocycles. The van der Waals surface area contributed by atoms with Gasteiger partial charge in [0.2, 0.25) is 5.91 Å². The molecule has 5 nitrogen and oxygen atoms in total. The number of rotatable bonds is 4. The van der Waals surface area contributed by atoms with Crippen LogP contribution in [0.15, 0.2) is 5.16 Å². The smallest absolute Gasteiger partial charge is 0.230 e. The average Bonchev–Trinajstić information content (AvgIpc) is 2.82. The molecule has 1 aliphatic heterocycles. The van der Waals surface area contributed by atoms with Gasteiger partial charge in [0, 0.05) is 19.0 Å². The van der Waals surface area contributed by atoms with Crippen LogP contribution in [0, 0.1) is 23.7 Å². The molecule has 0 unspecified atom stereocenters. The van der Waals surface area contributed by atoms with E-state index >= 15 is 0 Å². The molecule has 1 N–H and O–H groups in total. The van der Waals surface area contributed by atoms with Gasteiger partial charge in [-0.1, -0.05) is 18.2 Å². The van der Waals surface area contributed by atoms with Crippen molar-refractivity contribution in [1.29, 1.82) is 0 Å². The topological polar surface area (TPSA) is 59.8 Å². The van der Waals surface area contributed by atoms with Crippen LogP contribution in [0.2, 0.25) is 0 Å². The van der Waals surface area contributed by atoms with E-state index in [4.69, 9.17) is 0 Å². The van der Waals surface area contributed by atoms with Gasteiger partial charge in [0.1, 0.15) is 5.82 Å². The summed E-state index contributed by atoms with van der Waals surface area (Å²) in [7, 11) is 0. The summed E-state index contributed by atoms with van der Waals surface area (Å²) in [5.74, 6) is 5.16. The van der Waals surface area contributed by atoms with Crippen LogP contribution in [0.4, 0.5) is 0 Å². The zero-order valence-corrected chi connectivity index (χ0v) is 15.6. The summed E-state index contributed by atoms with van der Waals surface area (Å²) in [5.41, 5.74) is 0. The molecule has 4 bridgehead atoms. The zero-order valence-electron chi connectivity index (χ0n) is 14.8. The molecule has 4 fully saturated rings. The lowest BCUT2D eigenvalue weighted by Gasteiger charge is -2.54. The number of fused-ring (bicyclic) bond motifs is 1. The fourth-order valence-corrected chi connectivity index (χ4v) is 6.88. The number of carbonyl (C=O) groups is 1. The van der Waals surface area contributed by atoms with E-state index in [1.54, 1.807) is 11.8 Å². The van der Waals surface area contributed by atoms with E-state index in [9.17, 15) is 4.79 Å². The maximum absolute atomic E-state index is 12.6. The Balaban J connectivity index is 1.19. The second-order valence-electron chi connectivity index (χ2n) is 8.67. The predicted octanol–water partition coefficient (Wildman–Crippen LogP) is 3.04. The first kappa shape index (κ1) is 16.2. The first-order valence-electron chi connectivity index (χ1n) is 10.1. The van der Waals surface area contributed by atoms with Crippen molar-refractivity contribution in [3.05, 3.63) is 5.82 Å². The van der Waals surface area contributed by atoms with Gasteiger partial charge in [-0.05, 0) is 68.6 Å². The molecule has 1 aromatic rings. The number of nitrogens with zero attached hydrogens (tertiary/aromatic N) is 3. The highest BCUT2D eigenvalue weighted by atomic mass is 32.2. The first-order chi connectivity index (χ1) is 12.3. The summed E-state index contributed by atoms with van der Waals surface area (Å²) in [6, 6.07) is 0.441. The van der Waals surface area contributed by atoms with Crippen molar-refractivity contribution in [3.63, 3.8) is 0 Å². The summed E-state index contributed by atoms with van der Waals surface area (Å²) < 4.78 is 2.23. The molecule has 0 aromatic carbocycles. The molecule has 0 atom stereocenters. The van der Waals surface area contributed by atoms with Gasteiger partial charge in [-0.3, -0.25) is 4.79 Å². The summed E-state index contributed by atoms with van der Waals surface area (Å²) >= 11 is 1.56. The Labute approximate surface area is 153 Å². The Bertz CT molecular complexity index is 630. The predicted molar refractivity (Wildman–Crippen MR) is 97.3 cm³/mol. The van der Waals surface area contributed by atoms with Gasteiger partial charge in [0.25, 0.3) is 0 Å². The molecule has 136 valence electrons. The van der Waals surface area contributed by atoms with Gasteiger partial charge in [-0.15, -0.1) is 10.2 Å². The molecule has 5 aliphatic rings. The van der Waals surface area contributed by atoms with Crippen molar-refractivity contribution in [2.24, 2.45) is 23.7 Å². The fraction of sp³-hybridized carbons (Fsp3) is 0.842. The molecule has 6 heteroatoms. The molecular formula is C19H28N4OS. The van der Waals surface area contributed by atoms with E-state index in [2.05, 4.69) is 20.1 Å². The number of nitrogens with one attached hydrogen (secondary N) is 1. The van der Waals surface area contributed by atoms with Gasteiger partial charge in [0.15, 0.2) is 5.16 Å². The summed E-state index contributed by atoms with van der Waals surface area (Å²) in [5, 5.41) is 13.0. The second kappa shape index (κ2) is 6.60. The summed E-state index contributed by atoms with van der Waals surface area (Å²) in [6.45, 7) is 1.00. The van der Waals surface area contributed by atoms with E-state index in [1.165, 1.54) is 51.4 Å². The van der Waals surface area contributed by atoms with Crippen molar-refractivity contribution in [2.75, 3.05) is 5.75 Å². The molecule has 6 rings (SSSR count). The summed E-state index contributed by atoms with van der Waals surface area (Å²) in [6.07, 6.45) is 11.5. The average molecular weight is 361 g/mol.